The molecule has 114 valence electrons. The minimum Gasteiger partial charge on any atom is -0.481 e. The summed E-state index contributed by atoms with van der Waals surface area (Å²) in [4.78, 5) is 35.3. The average Bonchev–Trinajstić information content (AvgIpc) is 2.38. The van der Waals surface area contributed by atoms with Crippen molar-refractivity contribution in [2.75, 3.05) is 19.7 Å². The molecule has 0 aliphatic carbocycles. The molecule has 0 aromatic rings. The maximum absolute atomic E-state index is 11.9. The average molecular weight is 286 g/mol. The quantitative estimate of drug-likeness (QED) is 0.758. The van der Waals surface area contributed by atoms with Crippen LogP contribution in [0.3, 0.4) is 0 Å². The van der Waals surface area contributed by atoms with Crippen LogP contribution in [0, 0.1) is 0 Å². The van der Waals surface area contributed by atoms with Crippen molar-refractivity contribution in [3.63, 3.8) is 0 Å². The maximum atomic E-state index is 11.9. The highest BCUT2D eigenvalue weighted by molar-refractivity contribution is 5.77. The van der Waals surface area contributed by atoms with E-state index in [0.717, 1.165) is 12.8 Å². The molecule has 1 atom stereocenters. The van der Waals surface area contributed by atoms with E-state index < -0.39 is 12.1 Å². The second-order valence-electron chi connectivity index (χ2n) is 4.79. The highest BCUT2D eigenvalue weighted by Crippen LogP contribution is 2.12. The molecule has 0 saturated carbocycles. The summed E-state index contributed by atoms with van der Waals surface area (Å²) >= 11 is 0. The molecule has 1 unspecified atom stereocenters. The fourth-order valence-corrected chi connectivity index (χ4v) is 2.21. The lowest BCUT2D eigenvalue weighted by Crippen LogP contribution is -2.49. The van der Waals surface area contributed by atoms with Crippen LogP contribution in [0.4, 0.5) is 4.79 Å². The maximum Gasteiger partial charge on any atom is 0.407 e. The fourth-order valence-electron chi connectivity index (χ4n) is 2.21. The summed E-state index contributed by atoms with van der Waals surface area (Å²) in [6.07, 6.45) is 1.76. The summed E-state index contributed by atoms with van der Waals surface area (Å²) in [5.41, 5.74) is 0. The first-order chi connectivity index (χ1) is 9.52. The van der Waals surface area contributed by atoms with Crippen molar-refractivity contribution < 1.29 is 24.2 Å². The predicted octanol–water partition coefficient (Wildman–Crippen LogP) is 0.978. The molecule has 20 heavy (non-hydrogen) atoms. The Hall–Kier alpha value is -1.79. The van der Waals surface area contributed by atoms with Gasteiger partial charge in [0, 0.05) is 32.0 Å². The molecule has 7 heteroatoms. The van der Waals surface area contributed by atoms with Crippen molar-refractivity contribution >= 4 is 18.0 Å². The van der Waals surface area contributed by atoms with Crippen LogP contribution in [-0.4, -0.2) is 53.7 Å². The van der Waals surface area contributed by atoms with Crippen molar-refractivity contribution in [3.8, 4) is 0 Å². The largest absolute Gasteiger partial charge is 0.481 e. The monoisotopic (exact) mass is 286 g/mol. The molecule has 1 rings (SSSR count). The number of carboxylic acids is 1. The highest BCUT2D eigenvalue weighted by Gasteiger charge is 2.24. The third-order valence-corrected chi connectivity index (χ3v) is 3.15. The highest BCUT2D eigenvalue weighted by atomic mass is 16.5. The number of rotatable bonds is 6. The van der Waals surface area contributed by atoms with E-state index in [-0.39, 0.29) is 24.8 Å². The standard InChI is InChI=1S/C13H22N2O5/c1-2-20-13(19)14-10-5-4-8-15(9-10)11(16)6-3-7-12(17)18/h10H,2-9H2,1H3,(H,14,19)(H,17,18). The summed E-state index contributed by atoms with van der Waals surface area (Å²) in [6.45, 7) is 3.17. The molecule has 2 N–H and O–H groups in total. The van der Waals surface area contributed by atoms with Crippen LogP contribution in [0.15, 0.2) is 0 Å². The van der Waals surface area contributed by atoms with Crippen molar-refractivity contribution in [2.45, 2.75) is 45.1 Å². The minimum atomic E-state index is -0.890. The molecule has 1 heterocycles. The van der Waals surface area contributed by atoms with E-state index in [1.165, 1.54) is 0 Å². The van der Waals surface area contributed by atoms with E-state index in [1.54, 1.807) is 11.8 Å². The van der Waals surface area contributed by atoms with E-state index in [9.17, 15) is 14.4 Å². The normalized spacial score (nSPS) is 18.4. The number of amides is 2. The summed E-state index contributed by atoms with van der Waals surface area (Å²) < 4.78 is 4.81. The van der Waals surface area contributed by atoms with E-state index >= 15 is 0 Å². The number of alkyl carbamates (subject to hydrolysis) is 1. The van der Waals surface area contributed by atoms with Crippen molar-refractivity contribution in [1.82, 2.24) is 10.2 Å². The number of likely N-dealkylation sites (tertiary alicyclic amines) is 1. The van der Waals surface area contributed by atoms with Gasteiger partial charge in [0.2, 0.25) is 5.91 Å². The molecule has 7 nitrogen and oxygen atoms in total. The van der Waals surface area contributed by atoms with Gasteiger partial charge >= 0.3 is 12.1 Å². The van der Waals surface area contributed by atoms with Crippen LogP contribution < -0.4 is 5.32 Å². The second kappa shape index (κ2) is 8.39. The number of aliphatic carboxylic acids is 1. The van der Waals surface area contributed by atoms with Gasteiger partial charge in [0.15, 0.2) is 0 Å². The number of carbonyl (C=O) groups excluding carboxylic acids is 2. The van der Waals surface area contributed by atoms with Gasteiger partial charge in [-0.25, -0.2) is 4.79 Å². The zero-order valence-corrected chi connectivity index (χ0v) is 11.8. The number of carboxylic acid groups (broad SMARTS) is 1. The Morgan fingerprint density at radius 3 is 2.75 bits per heavy atom. The van der Waals surface area contributed by atoms with E-state index in [1.807, 2.05) is 0 Å². The number of ether oxygens (including phenoxy) is 1. The Labute approximate surface area is 118 Å². The first kappa shape index (κ1) is 16.3. The Morgan fingerprint density at radius 2 is 2.10 bits per heavy atom. The molecular formula is C13H22N2O5. The van der Waals surface area contributed by atoms with Crippen LogP contribution in [-0.2, 0) is 14.3 Å². The zero-order chi connectivity index (χ0) is 15.0. The number of piperidine rings is 1. The molecule has 0 bridgehead atoms. The van der Waals surface area contributed by atoms with Crippen molar-refractivity contribution in [2.24, 2.45) is 0 Å². The third-order valence-electron chi connectivity index (χ3n) is 3.15. The summed E-state index contributed by atoms with van der Waals surface area (Å²) in [6, 6.07) is -0.0915. The SMILES string of the molecule is CCOC(=O)NC1CCCN(C(=O)CCCC(=O)O)C1. The molecule has 2 amide bonds. The Bertz CT molecular complexity index is 359. The van der Waals surface area contributed by atoms with Gasteiger partial charge in [-0.1, -0.05) is 0 Å². The van der Waals surface area contributed by atoms with Gasteiger partial charge in [0.25, 0.3) is 0 Å². The van der Waals surface area contributed by atoms with Crippen molar-refractivity contribution in [3.05, 3.63) is 0 Å². The summed E-state index contributed by atoms with van der Waals surface area (Å²) in [5.74, 6) is -0.945. The van der Waals surface area contributed by atoms with Gasteiger partial charge in [-0.15, -0.1) is 0 Å². The first-order valence-electron chi connectivity index (χ1n) is 6.95. The van der Waals surface area contributed by atoms with Crippen LogP contribution in [0.5, 0.6) is 0 Å². The van der Waals surface area contributed by atoms with E-state index in [4.69, 9.17) is 9.84 Å². The zero-order valence-electron chi connectivity index (χ0n) is 11.8. The molecule has 1 aliphatic rings. The van der Waals surface area contributed by atoms with Gasteiger partial charge in [-0.2, -0.15) is 0 Å². The topological polar surface area (TPSA) is 95.9 Å². The molecule has 1 aliphatic heterocycles. The summed E-state index contributed by atoms with van der Waals surface area (Å²) in [7, 11) is 0. The Balaban J connectivity index is 2.34. The smallest absolute Gasteiger partial charge is 0.407 e. The molecule has 1 fully saturated rings. The molecule has 1 saturated heterocycles. The van der Waals surface area contributed by atoms with Crippen LogP contribution in [0.1, 0.15) is 39.0 Å². The number of nitrogens with one attached hydrogen (secondary N) is 1. The van der Waals surface area contributed by atoms with Gasteiger partial charge in [0.05, 0.1) is 6.61 Å². The number of hydrogen-bond acceptors (Lipinski definition) is 4. The van der Waals surface area contributed by atoms with Crippen molar-refractivity contribution in [1.29, 1.82) is 0 Å². The predicted molar refractivity (Wildman–Crippen MR) is 71.2 cm³/mol. The van der Waals surface area contributed by atoms with E-state index in [0.29, 0.717) is 26.1 Å². The number of nitrogens with zero attached hydrogens (tertiary/aromatic N) is 1. The molecule has 0 aromatic carbocycles. The fraction of sp³-hybridized carbons (Fsp3) is 0.769. The van der Waals surface area contributed by atoms with Crippen LogP contribution in [0.25, 0.3) is 0 Å². The van der Waals surface area contributed by atoms with Gasteiger partial charge in [-0.05, 0) is 26.2 Å². The number of carbonyl (C=O) groups is 3. The molecule has 0 radical (unpaired) electrons. The van der Waals surface area contributed by atoms with Crippen LogP contribution in [0.2, 0.25) is 0 Å². The minimum absolute atomic E-state index is 0.00405. The van der Waals surface area contributed by atoms with Gasteiger partial charge in [0.1, 0.15) is 0 Å². The summed E-state index contributed by atoms with van der Waals surface area (Å²) in [5, 5.41) is 11.3. The number of hydrogen-bond donors (Lipinski definition) is 2. The lowest BCUT2D eigenvalue weighted by Gasteiger charge is -2.33. The van der Waals surface area contributed by atoms with E-state index in [2.05, 4.69) is 5.32 Å². The third kappa shape index (κ3) is 5.90. The first-order valence-corrected chi connectivity index (χ1v) is 6.95. The van der Waals surface area contributed by atoms with Crippen LogP contribution >= 0.6 is 0 Å². The Morgan fingerprint density at radius 1 is 1.35 bits per heavy atom. The lowest BCUT2D eigenvalue weighted by atomic mass is 10.1. The molecule has 0 aromatic heterocycles. The Kier molecular flexibility index (Phi) is 6.83. The lowest BCUT2D eigenvalue weighted by molar-refractivity contribution is -0.137. The second-order valence-corrected chi connectivity index (χ2v) is 4.79. The van der Waals surface area contributed by atoms with Gasteiger partial charge in [-0.3, -0.25) is 9.59 Å². The molecular weight excluding hydrogens is 264 g/mol. The molecule has 0 spiro atoms. The van der Waals surface area contributed by atoms with Gasteiger partial charge < -0.3 is 20.1 Å².